The fourth-order valence-corrected chi connectivity index (χ4v) is 2.82. The lowest BCUT2D eigenvalue weighted by atomic mass is 9.99. The average Bonchev–Trinajstić information content (AvgIpc) is 2.91. The summed E-state index contributed by atoms with van der Waals surface area (Å²) in [5.74, 6) is -0.510. The molecule has 23 heavy (non-hydrogen) atoms. The fourth-order valence-electron chi connectivity index (χ4n) is 2.82. The summed E-state index contributed by atoms with van der Waals surface area (Å²) >= 11 is 0. The SMILES string of the molecule is Cn1c(C(N)=O)cc2cc(C#N)cc(-c3ccc(CO)cc3)c21. The van der Waals surface area contributed by atoms with Gasteiger partial charge in [-0.15, -0.1) is 0 Å². The van der Waals surface area contributed by atoms with Gasteiger partial charge in [0.05, 0.1) is 23.8 Å². The van der Waals surface area contributed by atoms with Crippen LogP contribution in [0.3, 0.4) is 0 Å². The van der Waals surface area contributed by atoms with E-state index >= 15 is 0 Å². The molecular formula is C18H15N3O2. The Hall–Kier alpha value is -3.10. The van der Waals surface area contributed by atoms with E-state index in [1.165, 1.54) is 0 Å². The Morgan fingerprint density at radius 3 is 2.52 bits per heavy atom. The van der Waals surface area contributed by atoms with Gasteiger partial charge in [-0.3, -0.25) is 4.79 Å². The number of aryl methyl sites for hydroxylation is 1. The van der Waals surface area contributed by atoms with E-state index in [0.717, 1.165) is 27.6 Å². The maximum Gasteiger partial charge on any atom is 0.265 e. The normalized spacial score (nSPS) is 10.7. The van der Waals surface area contributed by atoms with E-state index in [-0.39, 0.29) is 6.61 Å². The van der Waals surface area contributed by atoms with Crippen LogP contribution in [0.1, 0.15) is 21.6 Å². The van der Waals surface area contributed by atoms with E-state index in [1.54, 1.807) is 29.8 Å². The Morgan fingerprint density at radius 2 is 1.96 bits per heavy atom. The maximum absolute atomic E-state index is 11.6. The van der Waals surface area contributed by atoms with Crippen molar-refractivity contribution in [2.45, 2.75) is 6.61 Å². The molecule has 0 aliphatic heterocycles. The summed E-state index contributed by atoms with van der Waals surface area (Å²) in [5, 5.41) is 19.2. The zero-order valence-electron chi connectivity index (χ0n) is 12.6. The smallest absolute Gasteiger partial charge is 0.265 e. The highest BCUT2D eigenvalue weighted by Crippen LogP contribution is 2.32. The number of hydrogen-bond acceptors (Lipinski definition) is 3. The van der Waals surface area contributed by atoms with Crippen LogP contribution in [0, 0.1) is 11.3 Å². The molecule has 0 aliphatic rings. The van der Waals surface area contributed by atoms with E-state index in [4.69, 9.17) is 10.8 Å². The molecule has 1 amide bonds. The number of carbonyl (C=O) groups excluding carboxylic acids is 1. The fraction of sp³-hybridized carbons (Fsp3) is 0.111. The molecule has 0 spiro atoms. The first kappa shape index (κ1) is 14.8. The molecule has 2 aromatic carbocycles. The summed E-state index contributed by atoms with van der Waals surface area (Å²) in [6.07, 6.45) is 0. The van der Waals surface area contributed by atoms with E-state index in [2.05, 4.69) is 6.07 Å². The third kappa shape index (κ3) is 2.45. The molecule has 0 radical (unpaired) electrons. The van der Waals surface area contributed by atoms with Crippen molar-refractivity contribution in [1.29, 1.82) is 5.26 Å². The van der Waals surface area contributed by atoms with Gasteiger partial charge in [0.2, 0.25) is 0 Å². The molecule has 3 rings (SSSR count). The van der Waals surface area contributed by atoms with Gasteiger partial charge in [-0.2, -0.15) is 5.26 Å². The summed E-state index contributed by atoms with van der Waals surface area (Å²) in [7, 11) is 1.78. The summed E-state index contributed by atoms with van der Waals surface area (Å²) in [4.78, 5) is 11.6. The van der Waals surface area contributed by atoms with Crippen LogP contribution in [-0.4, -0.2) is 15.6 Å². The zero-order valence-corrected chi connectivity index (χ0v) is 12.6. The number of rotatable bonds is 3. The summed E-state index contributed by atoms with van der Waals surface area (Å²) in [6, 6.07) is 14.8. The number of aliphatic hydroxyl groups is 1. The Bertz CT molecular complexity index is 947. The number of fused-ring (bicyclic) bond motifs is 1. The molecule has 0 saturated heterocycles. The molecule has 114 valence electrons. The van der Waals surface area contributed by atoms with Gasteiger partial charge in [0.15, 0.2) is 0 Å². The van der Waals surface area contributed by atoms with Crippen molar-refractivity contribution in [2.24, 2.45) is 12.8 Å². The highest BCUT2D eigenvalue weighted by molar-refractivity contribution is 6.03. The minimum atomic E-state index is -0.510. The minimum absolute atomic E-state index is 0.0239. The van der Waals surface area contributed by atoms with Crippen molar-refractivity contribution in [3.8, 4) is 17.2 Å². The predicted octanol–water partition coefficient (Wildman–Crippen LogP) is 2.31. The highest BCUT2D eigenvalue weighted by atomic mass is 16.3. The molecule has 1 aromatic heterocycles. The molecule has 0 bridgehead atoms. The van der Waals surface area contributed by atoms with Crippen molar-refractivity contribution in [2.75, 3.05) is 0 Å². The van der Waals surface area contributed by atoms with Gasteiger partial charge in [-0.05, 0) is 29.3 Å². The van der Waals surface area contributed by atoms with Gasteiger partial charge in [-0.25, -0.2) is 0 Å². The first-order valence-corrected chi connectivity index (χ1v) is 7.08. The molecule has 1 heterocycles. The Labute approximate surface area is 133 Å². The zero-order chi connectivity index (χ0) is 16.6. The third-order valence-corrected chi connectivity index (χ3v) is 3.96. The standard InChI is InChI=1S/C18H15N3O2/c1-21-16(18(20)23)8-14-6-12(9-19)7-15(17(14)21)13-4-2-11(10-22)3-5-13/h2-8,22H,10H2,1H3,(H2,20,23). The molecule has 0 unspecified atom stereocenters. The number of nitrogens with two attached hydrogens (primary N) is 1. The second-order valence-electron chi connectivity index (χ2n) is 5.38. The monoisotopic (exact) mass is 305 g/mol. The topological polar surface area (TPSA) is 92.0 Å². The number of aromatic nitrogens is 1. The van der Waals surface area contributed by atoms with E-state index in [1.807, 2.05) is 24.3 Å². The van der Waals surface area contributed by atoms with Gasteiger partial charge in [0, 0.05) is 18.0 Å². The number of nitrogens with zero attached hydrogens (tertiary/aromatic N) is 2. The van der Waals surface area contributed by atoms with E-state index in [9.17, 15) is 10.1 Å². The first-order chi connectivity index (χ1) is 11.0. The van der Waals surface area contributed by atoms with Gasteiger partial charge in [-0.1, -0.05) is 24.3 Å². The molecule has 5 nitrogen and oxygen atoms in total. The number of benzene rings is 2. The van der Waals surface area contributed by atoms with Crippen LogP contribution in [0.5, 0.6) is 0 Å². The van der Waals surface area contributed by atoms with Crippen LogP contribution in [0.15, 0.2) is 42.5 Å². The second-order valence-corrected chi connectivity index (χ2v) is 5.38. The van der Waals surface area contributed by atoms with Crippen molar-refractivity contribution in [1.82, 2.24) is 4.57 Å². The number of nitriles is 1. The minimum Gasteiger partial charge on any atom is -0.392 e. The van der Waals surface area contributed by atoms with Gasteiger partial charge >= 0.3 is 0 Å². The van der Waals surface area contributed by atoms with E-state index < -0.39 is 5.91 Å². The molecule has 0 fully saturated rings. The van der Waals surface area contributed by atoms with Crippen molar-refractivity contribution >= 4 is 16.8 Å². The second kappa shape index (κ2) is 5.59. The highest BCUT2D eigenvalue weighted by Gasteiger charge is 2.15. The van der Waals surface area contributed by atoms with Crippen LogP contribution in [0.2, 0.25) is 0 Å². The van der Waals surface area contributed by atoms with Crippen LogP contribution < -0.4 is 5.73 Å². The van der Waals surface area contributed by atoms with E-state index in [0.29, 0.717) is 11.3 Å². The first-order valence-electron chi connectivity index (χ1n) is 7.08. The molecule has 5 heteroatoms. The van der Waals surface area contributed by atoms with Crippen molar-refractivity contribution < 1.29 is 9.90 Å². The van der Waals surface area contributed by atoms with Gasteiger partial charge in [0.25, 0.3) is 5.91 Å². The molecule has 3 aromatic rings. The molecule has 3 N–H and O–H groups in total. The maximum atomic E-state index is 11.6. The predicted molar refractivity (Wildman–Crippen MR) is 87.5 cm³/mol. The van der Waals surface area contributed by atoms with Crippen molar-refractivity contribution in [3.63, 3.8) is 0 Å². The largest absolute Gasteiger partial charge is 0.392 e. The lowest BCUT2D eigenvalue weighted by Gasteiger charge is -2.09. The lowest BCUT2D eigenvalue weighted by molar-refractivity contribution is 0.0993. The van der Waals surface area contributed by atoms with Crippen LogP contribution >= 0.6 is 0 Å². The summed E-state index contributed by atoms with van der Waals surface area (Å²) in [5.41, 5.74) is 9.73. The van der Waals surface area contributed by atoms with Crippen LogP contribution in [-0.2, 0) is 13.7 Å². The third-order valence-electron chi connectivity index (χ3n) is 3.96. The van der Waals surface area contributed by atoms with Crippen LogP contribution in [0.4, 0.5) is 0 Å². The number of hydrogen-bond donors (Lipinski definition) is 2. The lowest BCUT2D eigenvalue weighted by Crippen LogP contribution is -2.14. The number of primary amides is 1. The van der Waals surface area contributed by atoms with Crippen molar-refractivity contribution in [3.05, 3.63) is 59.3 Å². The van der Waals surface area contributed by atoms with Gasteiger partial charge < -0.3 is 15.4 Å². The Morgan fingerprint density at radius 1 is 1.26 bits per heavy atom. The number of aliphatic hydroxyl groups excluding tert-OH is 1. The summed E-state index contributed by atoms with van der Waals surface area (Å²) < 4.78 is 1.74. The summed E-state index contributed by atoms with van der Waals surface area (Å²) in [6.45, 7) is -0.0239. The molecule has 0 atom stereocenters. The molecule has 0 saturated carbocycles. The molecule has 0 aliphatic carbocycles. The average molecular weight is 305 g/mol. The van der Waals surface area contributed by atoms with Gasteiger partial charge in [0.1, 0.15) is 5.69 Å². The Balaban J connectivity index is 2.33. The quantitative estimate of drug-likeness (QED) is 0.777. The van der Waals surface area contributed by atoms with Crippen LogP contribution in [0.25, 0.3) is 22.0 Å². The number of amides is 1. The molecular weight excluding hydrogens is 290 g/mol. The Kier molecular flexibility index (Phi) is 3.61. The number of carbonyl (C=O) groups is 1.